The van der Waals surface area contributed by atoms with Crippen molar-refractivity contribution in [1.82, 2.24) is 0 Å². The Morgan fingerprint density at radius 3 is 1.74 bits per heavy atom. The van der Waals surface area contributed by atoms with Crippen LogP contribution in [-0.4, -0.2) is 3.21 Å². The van der Waals surface area contributed by atoms with E-state index >= 15 is 0 Å². The van der Waals surface area contributed by atoms with E-state index in [0.29, 0.717) is 3.63 Å². The molecule has 0 bridgehead atoms. The molecule has 2 aliphatic carbocycles. The minimum atomic E-state index is -2.25. The van der Waals surface area contributed by atoms with Gasteiger partial charge in [-0.1, -0.05) is 0 Å². The Morgan fingerprint density at radius 1 is 0.763 bits per heavy atom. The van der Waals surface area contributed by atoms with Crippen LogP contribution in [0.2, 0.25) is 0 Å². The van der Waals surface area contributed by atoms with Crippen LogP contribution in [-0.2, 0) is 38.5 Å². The SMILES string of the molecule is C/[C](Cc1ccccc1)=[Zr+2](\[C]1=CC=CC1)[CH]1c2ccc(C(C)(C)C)cc2-c2cc(C(C)(C)C)ccc21.[Cl-].[Cl-]. The number of allylic oxidation sites excluding steroid dienone is 4. The molecule has 0 fully saturated rings. The van der Waals surface area contributed by atoms with Crippen molar-refractivity contribution >= 4 is 3.21 Å². The molecule has 0 saturated heterocycles. The molecule has 5 rings (SSSR count). The maximum Gasteiger partial charge on any atom is -1.00 e. The molecule has 0 atom stereocenters. The van der Waals surface area contributed by atoms with Gasteiger partial charge in [-0.2, -0.15) is 0 Å². The standard InChI is InChI=1S/C21H25.C9H10.C5H5.2ClH.Zr/c1-20(2,3)16-9-7-14-11-15-8-10-17(21(4,5)6)13-19(15)18(14)12-16;1-2-6-9-7-4-3-5-8-9;1-2-4-5-3-1;;;/h7-13H,1-6H3;3-5,7-8H,6H2,1H3;1-3H,4H2;2*1H;/q;;;;;+2/p-2. The van der Waals surface area contributed by atoms with E-state index in [1.807, 2.05) is 0 Å². The predicted octanol–water partition coefficient (Wildman–Crippen LogP) is 3.26. The molecule has 0 unspecified atom stereocenters. The molecule has 198 valence electrons. The number of halogens is 2. The third-order valence-corrected chi connectivity index (χ3v) is 16.2. The van der Waals surface area contributed by atoms with Gasteiger partial charge in [0, 0.05) is 0 Å². The van der Waals surface area contributed by atoms with Crippen molar-refractivity contribution in [2.45, 2.75) is 75.8 Å². The van der Waals surface area contributed by atoms with E-state index in [2.05, 4.69) is 133 Å². The second-order valence-electron chi connectivity index (χ2n) is 12.7. The maximum absolute atomic E-state index is 2.52. The van der Waals surface area contributed by atoms with Crippen molar-refractivity contribution in [3.63, 3.8) is 0 Å². The van der Waals surface area contributed by atoms with Crippen molar-refractivity contribution < 1.29 is 46.1 Å². The van der Waals surface area contributed by atoms with E-state index in [1.54, 1.807) is 17.6 Å². The molecule has 3 aromatic rings. The topological polar surface area (TPSA) is 0 Å². The van der Waals surface area contributed by atoms with E-state index in [1.165, 1.54) is 27.8 Å². The Kier molecular flexibility index (Phi) is 9.73. The first kappa shape index (κ1) is 31.0. The summed E-state index contributed by atoms with van der Waals surface area (Å²) in [6.07, 6.45) is 9.38. The first-order valence-electron chi connectivity index (χ1n) is 13.4. The minimum Gasteiger partial charge on any atom is -1.00 e. The van der Waals surface area contributed by atoms with Gasteiger partial charge < -0.3 is 24.8 Å². The molecule has 0 aromatic heterocycles. The molecule has 0 saturated carbocycles. The molecule has 3 heteroatoms. The van der Waals surface area contributed by atoms with Crippen molar-refractivity contribution in [2.75, 3.05) is 0 Å². The third-order valence-electron chi connectivity index (χ3n) is 7.93. The van der Waals surface area contributed by atoms with Gasteiger partial charge in [-0.15, -0.1) is 0 Å². The smallest absolute Gasteiger partial charge is 1.00 e. The number of hydrogen-bond donors (Lipinski definition) is 0. The Labute approximate surface area is 250 Å². The zero-order valence-corrected chi connectivity index (χ0v) is 27.8. The molecule has 0 N–H and O–H groups in total. The van der Waals surface area contributed by atoms with Crippen molar-refractivity contribution in [3.8, 4) is 11.1 Å². The van der Waals surface area contributed by atoms with Crippen LogP contribution in [0.4, 0.5) is 0 Å². The van der Waals surface area contributed by atoms with Crippen molar-refractivity contribution in [1.29, 1.82) is 0 Å². The van der Waals surface area contributed by atoms with Gasteiger partial charge in [0.05, 0.1) is 0 Å². The summed E-state index contributed by atoms with van der Waals surface area (Å²) in [6.45, 7) is 16.5. The first-order valence-corrected chi connectivity index (χ1v) is 17.3. The Balaban J connectivity index is 0.00000200. The minimum absolute atomic E-state index is 0. The van der Waals surface area contributed by atoms with Gasteiger partial charge in [0.2, 0.25) is 0 Å². The molecule has 0 spiro atoms. The number of benzene rings is 3. The van der Waals surface area contributed by atoms with Crippen LogP contribution >= 0.6 is 0 Å². The molecule has 3 aromatic carbocycles. The van der Waals surface area contributed by atoms with Gasteiger partial charge in [-0.25, -0.2) is 0 Å². The van der Waals surface area contributed by atoms with Gasteiger partial charge in [-0.3, -0.25) is 0 Å². The normalized spacial score (nSPS) is 14.7. The van der Waals surface area contributed by atoms with E-state index in [-0.39, 0.29) is 35.6 Å². The summed E-state index contributed by atoms with van der Waals surface area (Å²) in [4.78, 5) is 0. The monoisotopic (exact) mass is 620 g/mol. The Hall–Kier alpha value is -1.53. The average Bonchev–Trinajstić information content (AvgIpc) is 3.46. The summed E-state index contributed by atoms with van der Waals surface area (Å²) in [5.41, 5.74) is 10.8. The second kappa shape index (κ2) is 11.9. The van der Waals surface area contributed by atoms with Crippen LogP contribution in [0.1, 0.15) is 86.3 Å². The number of fused-ring (bicyclic) bond motifs is 3. The summed E-state index contributed by atoms with van der Waals surface area (Å²) >= 11 is -2.25. The van der Waals surface area contributed by atoms with E-state index in [4.69, 9.17) is 0 Å². The first-order chi connectivity index (χ1) is 17.0. The molecular weight excluding hydrogens is 583 g/mol. The summed E-state index contributed by atoms with van der Waals surface area (Å²) in [6, 6.07) is 26.0. The maximum atomic E-state index is 2.52. The Morgan fingerprint density at radius 2 is 1.29 bits per heavy atom. The average molecular weight is 623 g/mol. The number of hydrogen-bond acceptors (Lipinski definition) is 0. The van der Waals surface area contributed by atoms with E-state index in [0.717, 1.165) is 12.8 Å². The fourth-order valence-electron chi connectivity index (χ4n) is 5.84. The van der Waals surface area contributed by atoms with E-state index < -0.39 is 21.3 Å². The van der Waals surface area contributed by atoms with Crippen LogP contribution in [0.3, 0.4) is 0 Å². The summed E-state index contributed by atoms with van der Waals surface area (Å²) in [5.74, 6) is 0. The molecular formula is C35H40Cl2Zr. The largest absolute Gasteiger partial charge is 1.00 e. The fraction of sp³-hybridized carbons (Fsp3) is 0.343. The molecule has 38 heavy (non-hydrogen) atoms. The van der Waals surface area contributed by atoms with Crippen molar-refractivity contribution in [3.05, 3.63) is 116 Å². The predicted molar refractivity (Wildman–Crippen MR) is 154 cm³/mol. The zero-order valence-electron chi connectivity index (χ0n) is 23.8. The molecule has 2 aliphatic rings. The fourth-order valence-corrected chi connectivity index (χ4v) is 14.6. The van der Waals surface area contributed by atoms with Gasteiger partial charge in [0.15, 0.2) is 0 Å². The Bertz CT molecular complexity index is 1330. The van der Waals surface area contributed by atoms with Gasteiger partial charge in [0.1, 0.15) is 0 Å². The van der Waals surface area contributed by atoms with Crippen LogP contribution < -0.4 is 24.8 Å². The van der Waals surface area contributed by atoms with Crippen molar-refractivity contribution in [2.24, 2.45) is 0 Å². The molecule has 0 heterocycles. The van der Waals surface area contributed by atoms with E-state index in [9.17, 15) is 0 Å². The summed E-state index contributed by atoms with van der Waals surface area (Å²) < 4.78 is 4.05. The molecule has 0 aliphatic heterocycles. The van der Waals surface area contributed by atoms with Crippen LogP contribution in [0.5, 0.6) is 0 Å². The second-order valence-corrected chi connectivity index (χ2v) is 19.8. The van der Waals surface area contributed by atoms with Gasteiger partial charge in [0.25, 0.3) is 0 Å². The third kappa shape index (κ3) is 6.12. The zero-order chi connectivity index (χ0) is 25.7. The van der Waals surface area contributed by atoms with Crippen LogP contribution in [0.15, 0.2) is 88.2 Å². The quantitative estimate of drug-likeness (QED) is 0.420. The number of rotatable bonds is 4. The van der Waals surface area contributed by atoms with Crippen LogP contribution in [0, 0.1) is 0 Å². The molecule has 0 amide bonds. The van der Waals surface area contributed by atoms with Gasteiger partial charge >= 0.3 is 227 Å². The summed E-state index contributed by atoms with van der Waals surface area (Å²) in [7, 11) is 0. The molecule has 0 radical (unpaired) electrons. The summed E-state index contributed by atoms with van der Waals surface area (Å²) in [5, 5.41) is 0. The molecule has 0 nitrogen and oxygen atoms in total. The van der Waals surface area contributed by atoms with Gasteiger partial charge in [-0.05, 0) is 0 Å². The van der Waals surface area contributed by atoms with Crippen LogP contribution in [0.25, 0.3) is 11.1 Å².